The smallest absolute Gasteiger partial charge is 0.251 e. The number of carbonyl (C=O) groups is 2. The molecule has 33 heavy (non-hydrogen) atoms. The molecule has 8 heteroatoms. The van der Waals surface area contributed by atoms with Crippen molar-refractivity contribution < 1.29 is 18.7 Å². The predicted molar refractivity (Wildman–Crippen MR) is 122 cm³/mol. The van der Waals surface area contributed by atoms with Crippen LogP contribution in [0, 0.1) is 17.1 Å². The van der Waals surface area contributed by atoms with Crippen LogP contribution in [0.25, 0.3) is 11.1 Å². The van der Waals surface area contributed by atoms with E-state index >= 15 is 0 Å². The first-order valence-corrected chi connectivity index (χ1v) is 11.2. The number of anilines is 1. The number of ether oxygens (including phenoxy) is 1. The Kier molecular flexibility index (Phi) is 7.02. The number of halogens is 1. The number of benzene rings is 2. The van der Waals surface area contributed by atoms with Crippen LogP contribution in [0.4, 0.5) is 10.1 Å². The molecule has 0 spiro atoms. The third kappa shape index (κ3) is 5.21. The summed E-state index contributed by atoms with van der Waals surface area (Å²) in [5.41, 5.74) is 3.91. The summed E-state index contributed by atoms with van der Waals surface area (Å²) >= 11 is 0. The zero-order valence-corrected chi connectivity index (χ0v) is 18.6. The highest BCUT2D eigenvalue weighted by molar-refractivity contribution is 5.94. The van der Waals surface area contributed by atoms with Crippen LogP contribution in [0.3, 0.4) is 0 Å². The molecular weight excluding hydrogens is 423 g/mol. The lowest BCUT2D eigenvalue weighted by molar-refractivity contribution is -0.132. The summed E-state index contributed by atoms with van der Waals surface area (Å²) in [6.45, 7) is 3.85. The van der Waals surface area contributed by atoms with Gasteiger partial charge in [0.15, 0.2) is 0 Å². The zero-order chi connectivity index (χ0) is 23.4. The summed E-state index contributed by atoms with van der Waals surface area (Å²) in [7, 11) is 0. The fourth-order valence-corrected chi connectivity index (χ4v) is 4.30. The van der Waals surface area contributed by atoms with Gasteiger partial charge >= 0.3 is 0 Å². The first-order chi connectivity index (χ1) is 16.0. The molecule has 1 saturated heterocycles. The van der Waals surface area contributed by atoms with Crippen molar-refractivity contribution in [3.8, 4) is 17.2 Å². The number of fused-ring (bicyclic) bond motifs is 1. The summed E-state index contributed by atoms with van der Waals surface area (Å²) in [4.78, 5) is 25.9. The van der Waals surface area contributed by atoms with Crippen molar-refractivity contribution in [2.75, 3.05) is 31.1 Å². The normalized spacial score (nSPS) is 18.7. The van der Waals surface area contributed by atoms with E-state index in [2.05, 4.69) is 10.6 Å². The van der Waals surface area contributed by atoms with Gasteiger partial charge < -0.3 is 20.3 Å². The van der Waals surface area contributed by atoms with Gasteiger partial charge in [-0.15, -0.1) is 0 Å². The molecule has 172 valence electrons. The Morgan fingerprint density at radius 3 is 2.85 bits per heavy atom. The number of amides is 2. The molecule has 0 aromatic heterocycles. The minimum Gasteiger partial charge on any atom is -0.367 e. The predicted octanol–water partition coefficient (Wildman–Crippen LogP) is 2.33. The fraction of sp³-hybridized carbons (Fsp3) is 0.400. The van der Waals surface area contributed by atoms with Crippen LogP contribution in [0.1, 0.15) is 24.5 Å². The lowest BCUT2D eigenvalue weighted by Crippen LogP contribution is -2.46. The summed E-state index contributed by atoms with van der Waals surface area (Å²) in [5.74, 6) is -0.788. The Hall–Kier alpha value is -3.28. The van der Waals surface area contributed by atoms with Gasteiger partial charge in [0.05, 0.1) is 6.07 Å². The second-order valence-corrected chi connectivity index (χ2v) is 8.38. The van der Waals surface area contributed by atoms with Gasteiger partial charge in [0.25, 0.3) is 5.91 Å². The van der Waals surface area contributed by atoms with Crippen LogP contribution in [0.15, 0.2) is 36.4 Å². The number of hydrogen-bond donors (Lipinski definition) is 2. The van der Waals surface area contributed by atoms with Crippen LogP contribution >= 0.6 is 0 Å². The SMILES string of the molecule is CC(=O)N1CCc2cc(-c3ccc(CC(C#N)NC(=O)C4CNCCCO4)c(F)c3)ccc21. The lowest BCUT2D eigenvalue weighted by atomic mass is 9.98. The van der Waals surface area contributed by atoms with Crippen molar-refractivity contribution in [1.29, 1.82) is 5.26 Å². The second-order valence-electron chi connectivity index (χ2n) is 8.38. The van der Waals surface area contributed by atoms with E-state index in [1.54, 1.807) is 17.9 Å². The minimum atomic E-state index is -0.859. The van der Waals surface area contributed by atoms with Gasteiger partial charge in [-0.25, -0.2) is 4.39 Å². The van der Waals surface area contributed by atoms with Crippen molar-refractivity contribution in [1.82, 2.24) is 10.6 Å². The number of nitrogens with one attached hydrogen (secondary N) is 2. The number of nitriles is 1. The van der Waals surface area contributed by atoms with E-state index < -0.39 is 18.0 Å². The standard InChI is InChI=1S/C25H27FN4O3/c1-16(31)30-9-7-20-11-17(5-6-23(20)30)18-3-4-19(22(26)13-18)12-21(14-27)29-25(32)24-15-28-8-2-10-33-24/h3-6,11,13,21,24,28H,2,7-10,12,15H2,1H3,(H,29,32). The van der Waals surface area contributed by atoms with Crippen LogP contribution in [-0.4, -0.2) is 50.2 Å². The maximum Gasteiger partial charge on any atom is 0.251 e. The third-order valence-corrected chi connectivity index (χ3v) is 6.08. The Balaban J connectivity index is 1.44. The van der Waals surface area contributed by atoms with Gasteiger partial charge in [-0.05, 0) is 59.8 Å². The lowest BCUT2D eigenvalue weighted by Gasteiger charge is -2.18. The van der Waals surface area contributed by atoms with E-state index in [0.29, 0.717) is 25.3 Å². The van der Waals surface area contributed by atoms with Gasteiger partial charge in [-0.1, -0.05) is 18.2 Å². The molecule has 0 aliphatic carbocycles. The van der Waals surface area contributed by atoms with Gasteiger partial charge in [0.2, 0.25) is 5.91 Å². The Labute approximate surface area is 192 Å². The summed E-state index contributed by atoms with van der Waals surface area (Å²) in [6.07, 6.45) is 0.996. The van der Waals surface area contributed by atoms with Crippen LogP contribution in [0.5, 0.6) is 0 Å². The molecular formula is C25H27FN4O3. The molecule has 1 fully saturated rings. The maximum absolute atomic E-state index is 14.9. The molecule has 2 aliphatic heterocycles. The van der Waals surface area contributed by atoms with Gasteiger partial charge in [-0.3, -0.25) is 9.59 Å². The van der Waals surface area contributed by atoms with E-state index in [9.17, 15) is 19.2 Å². The monoisotopic (exact) mass is 450 g/mol. The van der Waals surface area contributed by atoms with E-state index in [4.69, 9.17) is 4.74 Å². The van der Waals surface area contributed by atoms with Crippen molar-refractivity contribution >= 4 is 17.5 Å². The van der Waals surface area contributed by atoms with E-state index in [0.717, 1.165) is 41.8 Å². The van der Waals surface area contributed by atoms with E-state index in [-0.39, 0.29) is 18.2 Å². The molecule has 4 rings (SSSR count). The Morgan fingerprint density at radius 1 is 1.30 bits per heavy atom. The molecule has 2 heterocycles. The molecule has 2 aromatic rings. The highest BCUT2D eigenvalue weighted by Crippen LogP contribution is 2.33. The van der Waals surface area contributed by atoms with E-state index in [1.807, 2.05) is 30.3 Å². The minimum absolute atomic E-state index is 0.0119. The molecule has 2 aliphatic rings. The molecule has 2 atom stereocenters. The number of nitrogens with zero attached hydrogens (tertiary/aromatic N) is 2. The highest BCUT2D eigenvalue weighted by atomic mass is 19.1. The highest BCUT2D eigenvalue weighted by Gasteiger charge is 2.25. The summed E-state index contributed by atoms with van der Waals surface area (Å²) < 4.78 is 20.4. The molecule has 7 nitrogen and oxygen atoms in total. The first kappa shape index (κ1) is 22.9. The fourth-order valence-electron chi connectivity index (χ4n) is 4.30. The van der Waals surface area contributed by atoms with Crippen LogP contribution < -0.4 is 15.5 Å². The van der Waals surface area contributed by atoms with Crippen LogP contribution in [-0.2, 0) is 27.2 Å². The Morgan fingerprint density at radius 2 is 2.09 bits per heavy atom. The second kappa shape index (κ2) is 10.1. The summed E-state index contributed by atoms with van der Waals surface area (Å²) in [5, 5.41) is 15.3. The topological polar surface area (TPSA) is 94.5 Å². The third-order valence-electron chi connectivity index (χ3n) is 6.08. The van der Waals surface area contributed by atoms with Crippen molar-refractivity contribution in [2.24, 2.45) is 0 Å². The maximum atomic E-state index is 14.9. The molecule has 2 unspecified atom stereocenters. The van der Waals surface area contributed by atoms with Gasteiger partial charge in [0, 0.05) is 38.7 Å². The van der Waals surface area contributed by atoms with E-state index in [1.165, 1.54) is 6.07 Å². The molecule has 2 aromatic carbocycles. The van der Waals surface area contributed by atoms with Gasteiger partial charge in [0.1, 0.15) is 18.0 Å². The van der Waals surface area contributed by atoms with Crippen molar-refractivity contribution in [2.45, 2.75) is 38.3 Å². The summed E-state index contributed by atoms with van der Waals surface area (Å²) in [6, 6.07) is 11.9. The zero-order valence-electron chi connectivity index (χ0n) is 18.6. The largest absolute Gasteiger partial charge is 0.367 e. The average Bonchev–Trinajstić information content (AvgIpc) is 3.04. The average molecular weight is 451 g/mol. The molecule has 0 saturated carbocycles. The molecule has 0 bridgehead atoms. The molecule has 0 radical (unpaired) electrons. The number of carbonyl (C=O) groups excluding carboxylic acids is 2. The van der Waals surface area contributed by atoms with Crippen molar-refractivity contribution in [3.05, 3.63) is 53.3 Å². The number of rotatable bonds is 5. The van der Waals surface area contributed by atoms with Crippen LogP contribution in [0.2, 0.25) is 0 Å². The first-order valence-electron chi connectivity index (χ1n) is 11.2. The van der Waals surface area contributed by atoms with Gasteiger partial charge in [-0.2, -0.15) is 5.26 Å². The molecule has 2 amide bonds. The quantitative estimate of drug-likeness (QED) is 0.729. The number of hydrogen-bond acceptors (Lipinski definition) is 5. The Bertz CT molecular complexity index is 1090. The van der Waals surface area contributed by atoms with Crippen molar-refractivity contribution in [3.63, 3.8) is 0 Å². The molecule has 2 N–H and O–H groups in total.